The van der Waals surface area contributed by atoms with Crippen LogP contribution in [0.2, 0.25) is 0 Å². The lowest BCUT2D eigenvalue weighted by molar-refractivity contribution is -0.121. The van der Waals surface area contributed by atoms with E-state index in [0.29, 0.717) is 5.69 Å². The van der Waals surface area contributed by atoms with E-state index >= 15 is 0 Å². The molecule has 0 saturated carbocycles. The Bertz CT molecular complexity index is 761. The summed E-state index contributed by atoms with van der Waals surface area (Å²) in [5.74, 6) is -0.161. The van der Waals surface area contributed by atoms with Crippen LogP contribution in [0.5, 0.6) is 0 Å². The number of H-pyrrole nitrogens is 1. The third-order valence-electron chi connectivity index (χ3n) is 4.58. The molecule has 1 unspecified atom stereocenters. The zero-order chi connectivity index (χ0) is 17.3. The molecule has 2 aromatic rings. The van der Waals surface area contributed by atoms with Crippen molar-refractivity contribution in [3.63, 3.8) is 0 Å². The Morgan fingerprint density at radius 2 is 1.83 bits per heavy atom. The molecule has 0 aliphatic carbocycles. The highest BCUT2D eigenvalue weighted by molar-refractivity contribution is 6.02. The average molecular weight is 315 g/mol. The summed E-state index contributed by atoms with van der Waals surface area (Å²) in [6, 6.07) is 3.96. The van der Waals surface area contributed by atoms with Gasteiger partial charge in [0.2, 0.25) is 5.91 Å². The van der Waals surface area contributed by atoms with E-state index in [1.54, 1.807) is 19.0 Å². The van der Waals surface area contributed by atoms with Crippen molar-refractivity contribution in [3.05, 3.63) is 34.5 Å². The van der Waals surface area contributed by atoms with E-state index in [2.05, 4.69) is 29.4 Å². The number of hydrogen-bond donors (Lipinski definition) is 2. The highest BCUT2D eigenvalue weighted by Gasteiger charge is 2.24. The highest BCUT2D eigenvalue weighted by Crippen LogP contribution is 2.28. The molecule has 0 aliphatic rings. The number of nitrogens with one attached hydrogen (secondary N) is 2. The van der Waals surface area contributed by atoms with Crippen LogP contribution in [0.1, 0.15) is 40.5 Å². The SMILES string of the molecule is CNC(=O)CC(C)N(C)C(=O)c1[nH]c2c(C)ccc(C)c2c1C. The van der Waals surface area contributed by atoms with Crippen LogP contribution in [0, 0.1) is 20.8 Å². The Morgan fingerprint density at radius 1 is 1.22 bits per heavy atom. The van der Waals surface area contributed by atoms with Crippen LogP contribution >= 0.6 is 0 Å². The van der Waals surface area contributed by atoms with Gasteiger partial charge in [-0.1, -0.05) is 12.1 Å². The number of hydrogen-bond acceptors (Lipinski definition) is 2. The normalized spacial score (nSPS) is 12.3. The lowest BCUT2D eigenvalue weighted by atomic mass is 10.0. The van der Waals surface area contributed by atoms with Crippen LogP contribution in [-0.4, -0.2) is 41.8 Å². The molecule has 0 bridgehead atoms. The van der Waals surface area contributed by atoms with Gasteiger partial charge in [0.05, 0.1) is 0 Å². The second-order valence-corrected chi connectivity index (χ2v) is 6.22. The second-order valence-electron chi connectivity index (χ2n) is 6.22. The van der Waals surface area contributed by atoms with E-state index in [-0.39, 0.29) is 24.3 Å². The third-order valence-corrected chi connectivity index (χ3v) is 4.58. The maximum Gasteiger partial charge on any atom is 0.270 e. The minimum absolute atomic E-state index is 0.0720. The zero-order valence-electron chi connectivity index (χ0n) is 14.7. The number of aromatic nitrogens is 1. The molecule has 0 fully saturated rings. The van der Waals surface area contributed by atoms with Crippen molar-refractivity contribution in [2.24, 2.45) is 0 Å². The molecule has 1 aromatic heterocycles. The number of rotatable bonds is 4. The monoisotopic (exact) mass is 315 g/mol. The minimum Gasteiger partial charge on any atom is -0.359 e. The summed E-state index contributed by atoms with van der Waals surface area (Å²) in [5.41, 5.74) is 4.85. The van der Waals surface area contributed by atoms with Crippen LogP contribution in [0.25, 0.3) is 10.9 Å². The van der Waals surface area contributed by atoms with Crippen LogP contribution in [0.4, 0.5) is 0 Å². The van der Waals surface area contributed by atoms with Crippen LogP contribution < -0.4 is 5.32 Å². The third kappa shape index (κ3) is 3.09. The summed E-state index contributed by atoms with van der Waals surface area (Å²) in [6.45, 7) is 7.93. The van der Waals surface area contributed by atoms with E-state index in [1.807, 2.05) is 20.8 Å². The Balaban J connectivity index is 2.38. The standard InChI is InChI=1S/C18H25N3O2/c1-10-7-8-11(2)16-15(10)13(4)17(20-16)18(23)21(6)12(3)9-14(22)19-5/h7-8,12,20H,9H2,1-6H3,(H,19,22). The molecule has 1 heterocycles. The fourth-order valence-electron chi connectivity index (χ4n) is 2.90. The van der Waals surface area contributed by atoms with Crippen molar-refractivity contribution in [1.82, 2.24) is 15.2 Å². The summed E-state index contributed by atoms with van der Waals surface area (Å²) < 4.78 is 0. The molecule has 2 amide bonds. The number of aryl methyl sites for hydroxylation is 3. The molecule has 124 valence electrons. The molecule has 2 rings (SSSR count). The number of carbonyl (C=O) groups excluding carboxylic acids is 2. The van der Waals surface area contributed by atoms with Gasteiger partial charge in [-0.05, 0) is 44.4 Å². The maximum atomic E-state index is 12.8. The maximum absolute atomic E-state index is 12.8. The summed E-state index contributed by atoms with van der Waals surface area (Å²) >= 11 is 0. The molecular weight excluding hydrogens is 290 g/mol. The van der Waals surface area contributed by atoms with E-state index in [9.17, 15) is 9.59 Å². The first-order valence-corrected chi connectivity index (χ1v) is 7.84. The van der Waals surface area contributed by atoms with Gasteiger partial charge < -0.3 is 15.2 Å². The van der Waals surface area contributed by atoms with Crippen molar-refractivity contribution < 1.29 is 9.59 Å². The van der Waals surface area contributed by atoms with Gasteiger partial charge in [-0.25, -0.2) is 0 Å². The van der Waals surface area contributed by atoms with Gasteiger partial charge in [-0.2, -0.15) is 0 Å². The smallest absolute Gasteiger partial charge is 0.270 e. The van der Waals surface area contributed by atoms with Crippen LogP contribution in [0.3, 0.4) is 0 Å². The molecule has 2 N–H and O–H groups in total. The van der Waals surface area contributed by atoms with Gasteiger partial charge >= 0.3 is 0 Å². The predicted octanol–water partition coefficient (Wildman–Crippen LogP) is 2.69. The molecule has 5 nitrogen and oxygen atoms in total. The number of aromatic amines is 1. The first kappa shape index (κ1) is 17.1. The number of amides is 2. The van der Waals surface area contributed by atoms with Crippen LogP contribution in [-0.2, 0) is 4.79 Å². The van der Waals surface area contributed by atoms with Crippen molar-refractivity contribution in [1.29, 1.82) is 0 Å². The molecule has 0 saturated heterocycles. The van der Waals surface area contributed by atoms with Gasteiger partial charge in [0.1, 0.15) is 5.69 Å². The van der Waals surface area contributed by atoms with E-state index in [0.717, 1.165) is 27.6 Å². The van der Waals surface area contributed by atoms with E-state index < -0.39 is 0 Å². The summed E-state index contributed by atoms with van der Waals surface area (Å²) in [5, 5.41) is 3.70. The minimum atomic E-state index is -0.171. The largest absolute Gasteiger partial charge is 0.359 e. The Morgan fingerprint density at radius 3 is 2.39 bits per heavy atom. The lowest BCUT2D eigenvalue weighted by Crippen LogP contribution is -2.38. The Kier molecular flexibility index (Phi) is 4.78. The highest BCUT2D eigenvalue weighted by atomic mass is 16.2. The quantitative estimate of drug-likeness (QED) is 0.911. The molecule has 0 spiro atoms. The van der Waals surface area contributed by atoms with Gasteiger partial charge in [0, 0.05) is 37.5 Å². The fourth-order valence-corrected chi connectivity index (χ4v) is 2.90. The second kappa shape index (κ2) is 6.44. The average Bonchev–Trinajstić information content (AvgIpc) is 2.88. The zero-order valence-corrected chi connectivity index (χ0v) is 14.7. The fraction of sp³-hybridized carbons (Fsp3) is 0.444. The molecule has 1 aromatic carbocycles. The Hall–Kier alpha value is -2.30. The summed E-state index contributed by atoms with van der Waals surface area (Å²) in [4.78, 5) is 29.3. The predicted molar refractivity (Wildman–Crippen MR) is 92.7 cm³/mol. The number of carbonyl (C=O) groups is 2. The van der Waals surface area contributed by atoms with Gasteiger partial charge in [-0.15, -0.1) is 0 Å². The summed E-state index contributed by atoms with van der Waals surface area (Å²) in [7, 11) is 3.34. The number of benzene rings is 1. The topological polar surface area (TPSA) is 65.2 Å². The molecule has 5 heteroatoms. The lowest BCUT2D eigenvalue weighted by Gasteiger charge is -2.24. The molecule has 0 aliphatic heterocycles. The number of nitrogens with zero attached hydrogens (tertiary/aromatic N) is 1. The van der Waals surface area contributed by atoms with Gasteiger partial charge in [0.25, 0.3) is 5.91 Å². The molecule has 1 atom stereocenters. The van der Waals surface area contributed by atoms with Crippen molar-refractivity contribution in [2.75, 3.05) is 14.1 Å². The molecule has 0 radical (unpaired) electrons. The van der Waals surface area contributed by atoms with E-state index in [4.69, 9.17) is 0 Å². The molecule has 23 heavy (non-hydrogen) atoms. The number of fused-ring (bicyclic) bond motifs is 1. The first-order chi connectivity index (χ1) is 10.8. The summed E-state index contributed by atoms with van der Waals surface area (Å²) in [6.07, 6.45) is 0.288. The van der Waals surface area contributed by atoms with Crippen molar-refractivity contribution in [3.8, 4) is 0 Å². The van der Waals surface area contributed by atoms with E-state index in [1.165, 1.54) is 0 Å². The van der Waals surface area contributed by atoms with Crippen LogP contribution in [0.15, 0.2) is 12.1 Å². The van der Waals surface area contributed by atoms with Crippen molar-refractivity contribution >= 4 is 22.7 Å². The van der Waals surface area contributed by atoms with Gasteiger partial charge in [0.15, 0.2) is 0 Å². The first-order valence-electron chi connectivity index (χ1n) is 7.84. The molecular formula is C18H25N3O2. The van der Waals surface area contributed by atoms with Crippen molar-refractivity contribution in [2.45, 2.75) is 40.2 Å². The Labute approximate surface area is 137 Å². The van der Waals surface area contributed by atoms with Gasteiger partial charge in [-0.3, -0.25) is 9.59 Å².